The Morgan fingerprint density at radius 1 is 0.290 bits per heavy atom. The van der Waals surface area contributed by atoms with Crippen molar-refractivity contribution in [1.82, 2.24) is 0 Å². The van der Waals surface area contributed by atoms with Gasteiger partial charge >= 0.3 is 39.5 Å². The fourth-order valence-electron chi connectivity index (χ4n) is 9.57. The van der Waals surface area contributed by atoms with Crippen LogP contribution in [0.3, 0.4) is 0 Å². The number of carbonyl (C=O) groups excluding carboxylic acids is 4. The molecule has 0 aromatic rings. The van der Waals surface area contributed by atoms with E-state index in [4.69, 9.17) is 37.0 Å². The van der Waals surface area contributed by atoms with Gasteiger partial charge in [0, 0.05) is 25.7 Å². The van der Waals surface area contributed by atoms with Crippen LogP contribution in [-0.2, 0) is 65.4 Å². The quantitative estimate of drug-likeness (QED) is 0.0169. The number of esters is 4. The van der Waals surface area contributed by atoms with Crippen LogP contribution in [0.2, 0.25) is 0 Å². The maximum Gasteiger partial charge on any atom is 0.472 e. The molecule has 0 aromatic carbocycles. The first-order valence-corrected chi connectivity index (χ1v) is 41.1. The largest absolute Gasteiger partial charge is 0.472 e. The summed E-state index contributed by atoms with van der Waals surface area (Å²) in [5, 5.41) is 10.6. The van der Waals surface area contributed by atoms with E-state index in [1.54, 1.807) is 0 Å². The first kappa shape index (κ1) is 94.9. The number of hydrogen-bond acceptors (Lipinski definition) is 15. The lowest BCUT2D eigenvalue weighted by atomic mass is 10.1. The SMILES string of the molecule is CC/C=C\C/C=C\C/C=C\C/C=C\CCCCC(=O)OCC(COP(=O)(O)OCC(O)COP(=O)(O)OCC(COC(=O)CCCCCCCCC/C=C\C/C=C\C/C=C\CC)OC(=O)CCCCCCC/C=C\C/C=C\C/C=C\CC)OC(=O)CCCCCCC/C=C\C/C=C\CCC. The molecule has 0 heterocycles. The normalized spacial score (nSPS) is 14.8. The molecule has 5 unspecified atom stereocenters. The molecule has 0 saturated heterocycles. The van der Waals surface area contributed by atoms with E-state index in [1.165, 1.54) is 0 Å². The second-order valence-electron chi connectivity index (χ2n) is 24.8. The molecule has 19 heteroatoms. The third-order valence-electron chi connectivity index (χ3n) is 15.3. The van der Waals surface area contributed by atoms with Crippen molar-refractivity contribution in [3.05, 3.63) is 146 Å². The Morgan fingerprint density at radius 2 is 0.520 bits per heavy atom. The summed E-state index contributed by atoms with van der Waals surface area (Å²) >= 11 is 0. The van der Waals surface area contributed by atoms with Crippen LogP contribution in [0.4, 0.5) is 0 Å². The smallest absolute Gasteiger partial charge is 0.462 e. The molecule has 0 radical (unpaired) electrons. The molecule has 0 fully saturated rings. The van der Waals surface area contributed by atoms with Gasteiger partial charge in [0.05, 0.1) is 26.4 Å². The Balaban J connectivity index is 5.41. The van der Waals surface area contributed by atoms with Gasteiger partial charge in [-0.05, 0) is 154 Å². The molecule has 100 heavy (non-hydrogen) atoms. The molecule has 0 aliphatic carbocycles. The first-order valence-electron chi connectivity index (χ1n) is 38.1. The van der Waals surface area contributed by atoms with Gasteiger partial charge in [-0.2, -0.15) is 0 Å². The zero-order chi connectivity index (χ0) is 73.2. The Morgan fingerprint density at radius 3 is 0.820 bits per heavy atom. The summed E-state index contributed by atoms with van der Waals surface area (Å²) in [4.78, 5) is 72.9. The number of ether oxygens (including phenoxy) is 4. The van der Waals surface area contributed by atoms with Crippen molar-refractivity contribution in [2.75, 3.05) is 39.6 Å². The zero-order valence-electron chi connectivity index (χ0n) is 62.1. The highest BCUT2D eigenvalue weighted by Gasteiger charge is 2.30. The fourth-order valence-corrected chi connectivity index (χ4v) is 11.1. The predicted octanol–water partition coefficient (Wildman–Crippen LogP) is 21.9. The minimum atomic E-state index is -4.99. The molecule has 0 aliphatic heterocycles. The van der Waals surface area contributed by atoms with E-state index in [-0.39, 0.29) is 25.7 Å². The van der Waals surface area contributed by atoms with Crippen LogP contribution in [0.1, 0.15) is 285 Å². The number of rotatable bonds is 70. The van der Waals surface area contributed by atoms with Gasteiger partial charge in [0.2, 0.25) is 0 Å². The number of unbranched alkanes of at least 4 members (excludes halogenated alkanes) is 20. The van der Waals surface area contributed by atoms with Crippen molar-refractivity contribution in [3.63, 3.8) is 0 Å². The summed E-state index contributed by atoms with van der Waals surface area (Å²) in [7, 11) is -9.98. The molecule has 17 nitrogen and oxygen atoms in total. The van der Waals surface area contributed by atoms with Gasteiger partial charge in [0.15, 0.2) is 12.2 Å². The summed E-state index contributed by atoms with van der Waals surface area (Å²) in [5.41, 5.74) is 0. The molecule has 3 N–H and O–H groups in total. The van der Waals surface area contributed by atoms with Gasteiger partial charge < -0.3 is 33.8 Å². The fraction of sp³-hybridized carbons (Fsp3) is 0.654. The molecular formula is C81H134O17P2. The lowest BCUT2D eigenvalue weighted by Gasteiger charge is -2.21. The minimum absolute atomic E-state index is 0.0652. The number of hydrogen-bond donors (Lipinski definition) is 3. The van der Waals surface area contributed by atoms with E-state index in [0.29, 0.717) is 25.7 Å². The zero-order valence-corrected chi connectivity index (χ0v) is 63.9. The van der Waals surface area contributed by atoms with Gasteiger partial charge in [-0.3, -0.25) is 37.3 Å². The molecule has 0 aromatic heterocycles. The molecular weight excluding hydrogens is 1310 g/mol. The topological polar surface area (TPSA) is 237 Å². The van der Waals surface area contributed by atoms with Crippen molar-refractivity contribution < 1.29 is 80.2 Å². The van der Waals surface area contributed by atoms with Crippen molar-refractivity contribution in [2.24, 2.45) is 0 Å². The van der Waals surface area contributed by atoms with Crippen molar-refractivity contribution in [1.29, 1.82) is 0 Å². The van der Waals surface area contributed by atoms with E-state index in [0.717, 1.165) is 205 Å². The highest BCUT2D eigenvalue weighted by Crippen LogP contribution is 2.45. The van der Waals surface area contributed by atoms with Crippen LogP contribution < -0.4 is 0 Å². The summed E-state index contributed by atoms with van der Waals surface area (Å²) in [6.45, 7) is 4.36. The van der Waals surface area contributed by atoms with Gasteiger partial charge in [-0.25, -0.2) is 9.13 Å². The van der Waals surface area contributed by atoms with Crippen molar-refractivity contribution in [2.45, 2.75) is 303 Å². The van der Waals surface area contributed by atoms with Crippen LogP contribution >= 0.6 is 15.6 Å². The highest BCUT2D eigenvalue weighted by atomic mass is 31.2. The Kier molecular flexibility index (Phi) is 68.6. The maximum atomic E-state index is 13.1. The van der Waals surface area contributed by atoms with Crippen molar-refractivity contribution in [3.8, 4) is 0 Å². The maximum absolute atomic E-state index is 13.1. The minimum Gasteiger partial charge on any atom is -0.462 e. The summed E-state index contributed by atoms with van der Waals surface area (Å²) in [6.07, 6.45) is 81.3. The number of carbonyl (C=O) groups is 4. The Bertz CT molecular complexity index is 2470. The van der Waals surface area contributed by atoms with Gasteiger partial charge in [-0.15, -0.1) is 0 Å². The van der Waals surface area contributed by atoms with Gasteiger partial charge in [-0.1, -0.05) is 251 Å². The van der Waals surface area contributed by atoms with Crippen LogP contribution in [-0.4, -0.2) is 96.7 Å². The first-order chi connectivity index (χ1) is 48.7. The van der Waals surface area contributed by atoms with Crippen LogP contribution in [0.15, 0.2) is 146 Å². The monoisotopic (exact) mass is 1440 g/mol. The second-order valence-corrected chi connectivity index (χ2v) is 27.7. The van der Waals surface area contributed by atoms with E-state index >= 15 is 0 Å². The summed E-state index contributed by atoms with van der Waals surface area (Å²) in [5.74, 6) is -2.27. The number of phosphoric ester groups is 2. The van der Waals surface area contributed by atoms with E-state index in [1.807, 2.05) is 0 Å². The van der Waals surface area contributed by atoms with Crippen LogP contribution in [0, 0.1) is 0 Å². The highest BCUT2D eigenvalue weighted by molar-refractivity contribution is 7.47. The van der Waals surface area contributed by atoms with E-state index < -0.39 is 97.5 Å². The number of allylic oxidation sites excluding steroid dienone is 24. The average molecular weight is 1440 g/mol. The third-order valence-corrected chi connectivity index (χ3v) is 17.2. The molecule has 570 valence electrons. The lowest BCUT2D eigenvalue weighted by molar-refractivity contribution is -0.161. The Labute approximate surface area is 605 Å². The second kappa shape index (κ2) is 72.3. The number of phosphoric acid groups is 2. The number of aliphatic hydroxyl groups excluding tert-OH is 1. The molecule has 0 rings (SSSR count). The molecule has 0 saturated carbocycles. The van der Waals surface area contributed by atoms with Crippen LogP contribution in [0.5, 0.6) is 0 Å². The number of aliphatic hydroxyl groups is 1. The predicted molar refractivity (Wildman–Crippen MR) is 408 cm³/mol. The van der Waals surface area contributed by atoms with Gasteiger partial charge in [0.1, 0.15) is 19.3 Å². The van der Waals surface area contributed by atoms with Crippen molar-refractivity contribution >= 4 is 39.5 Å². The molecule has 0 aliphatic rings. The standard InChI is InChI=1S/C81H134O17P2/c1-5-9-13-17-21-25-29-33-36-37-40-43-46-50-54-58-62-66-79(84)92-72-77(98-81(86)68-64-60-56-52-48-44-39-35-31-27-23-19-15-11-7-3)74-96-100(89,90)94-70-75(82)69-93-99(87,88)95-73-76(97-80(85)67-63-59-55-51-47-41-32-28-24-20-16-12-8-4)71-91-78(83)65-61-57-53-49-45-42-38-34-30-26-22-18-14-10-6-2/h9-11,13-16,20-23,25-28,32-36,38-39,45,49,75-77,82H,5-8,12,17-19,24,29-31,37,40-44,46-48,50-74H2,1-4H3,(H,87,88)(H,89,90)/b13-9-,14-10-,15-11-,20-16-,25-21-,26-22-,27-23-,32-28-,36-33-,38-34-,39-35-,49-45-. The van der Waals surface area contributed by atoms with E-state index in [2.05, 4.69) is 174 Å². The summed E-state index contributed by atoms with van der Waals surface area (Å²) < 4.78 is 68.4. The molecule has 5 atom stereocenters. The Hall–Kier alpha value is -5.06. The van der Waals surface area contributed by atoms with Gasteiger partial charge in [0.25, 0.3) is 0 Å². The molecule has 0 spiro atoms. The average Bonchev–Trinajstić information content (AvgIpc) is 0.937. The summed E-state index contributed by atoms with van der Waals surface area (Å²) in [6, 6.07) is 0. The molecule has 0 amide bonds. The molecule has 0 bridgehead atoms. The van der Waals surface area contributed by atoms with Crippen LogP contribution in [0.25, 0.3) is 0 Å². The van der Waals surface area contributed by atoms with E-state index in [9.17, 15) is 43.2 Å². The lowest BCUT2D eigenvalue weighted by Crippen LogP contribution is -2.30. The third kappa shape index (κ3) is 71.3.